The number of hydrogen-bond acceptors (Lipinski definition) is 5. The van der Waals surface area contributed by atoms with Crippen molar-refractivity contribution in [2.75, 3.05) is 6.61 Å². The van der Waals surface area contributed by atoms with Crippen LogP contribution in [-0.2, 0) is 23.0 Å². The van der Waals surface area contributed by atoms with Crippen LogP contribution in [0.15, 0.2) is 45.9 Å². The number of nitrogens with one attached hydrogen (secondary N) is 1. The number of aromatic nitrogens is 1. The second-order valence-corrected chi connectivity index (χ2v) is 5.69. The summed E-state index contributed by atoms with van der Waals surface area (Å²) in [7, 11) is -3.57. The first kappa shape index (κ1) is 13.7. The zero-order valence-corrected chi connectivity index (χ0v) is 10.9. The van der Waals surface area contributed by atoms with Crippen LogP contribution >= 0.6 is 0 Å². The maximum absolute atomic E-state index is 12.0. The normalized spacial score (nSPS) is 11.6. The lowest BCUT2D eigenvalue weighted by Crippen LogP contribution is -2.23. The monoisotopic (exact) mass is 282 g/mol. The van der Waals surface area contributed by atoms with Crippen molar-refractivity contribution in [3.8, 4) is 0 Å². The summed E-state index contributed by atoms with van der Waals surface area (Å²) in [5.41, 5.74) is 0.886. The molecule has 19 heavy (non-hydrogen) atoms. The van der Waals surface area contributed by atoms with E-state index in [0.29, 0.717) is 12.2 Å². The van der Waals surface area contributed by atoms with Gasteiger partial charge in [-0.2, -0.15) is 0 Å². The van der Waals surface area contributed by atoms with E-state index in [1.807, 2.05) is 0 Å². The summed E-state index contributed by atoms with van der Waals surface area (Å²) in [4.78, 5) is 0.175. The van der Waals surface area contributed by atoms with Crippen molar-refractivity contribution < 1.29 is 18.0 Å². The third kappa shape index (κ3) is 3.63. The Morgan fingerprint density at radius 1 is 1.21 bits per heavy atom. The van der Waals surface area contributed by atoms with Crippen molar-refractivity contribution >= 4 is 10.0 Å². The van der Waals surface area contributed by atoms with Crippen molar-refractivity contribution in [3.05, 3.63) is 47.9 Å². The van der Waals surface area contributed by atoms with Gasteiger partial charge in [0.15, 0.2) is 5.76 Å². The summed E-state index contributed by atoms with van der Waals surface area (Å²) >= 11 is 0. The smallest absolute Gasteiger partial charge is 0.240 e. The lowest BCUT2D eigenvalue weighted by Gasteiger charge is -2.06. The van der Waals surface area contributed by atoms with Crippen LogP contribution in [-0.4, -0.2) is 25.3 Å². The molecule has 0 aliphatic carbocycles. The van der Waals surface area contributed by atoms with Crippen LogP contribution in [0.3, 0.4) is 0 Å². The lowest BCUT2D eigenvalue weighted by atomic mass is 10.2. The number of rotatable bonds is 6. The van der Waals surface area contributed by atoms with Gasteiger partial charge in [-0.1, -0.05) is 17.3 Å². The Hall–Kier alpha value is -1.70. The van der Waals surface area contributed by atoms with Gasteiger partial charge in [0.05, 0.1) is 17.6 Å². The zero-order valence-electron chi connectivity index (χ0n) is 10.1. The molecular weight excluding hydrogens is 268 g/mol. The lowest BCUT2D eigenvalue weighted by molar-refractivity contribution is 0.299. The van der Waals surface area contributed by atoms with Crippen molar-refractivity contribution in [1.29, 1.82) is 0 Å². The average Bonchev–Trinajstić information content (AvgIpc) is 2.91. The molecule has 0 saturated heterocycles. The highest BCUT2D eigenvalue weighted by Crippen LogP contribution is 2.11. The second kappa shape index (κ2) is 5.96. The summed E-state index contributed by atoms with van der Waals surface area (Å²) in [6.45, 7) is 0.0938. The van der Waals surface area contributed by atoms with Crippen molar-refractivity contribution in [2.24, 2.45) is 0 Å². The first-order valence-corrected chi connectivity index (χ1v) is 7.19. The molecule has 0 unspecified atom stereocenters. The molecule has 1 aromatic carbocycles. The van der Waals surface area contributed by atoms with Gasteiger partial charge in [0.25, 0.3) is 0 Å². The number of hydrogen-bond donors (Lipinski definition) is 2. The van der Waals surface area contributed by atoms with Crippen LogP contribution in [0.5, 0.6) is 0 Å². The van der Waals surface area contributed by atoms with Gasteiger partial charge in [-0.3, -0.25) is 0 Å². The SMILES string of the molecule is O=S(=O)(NCc1ccno1)c1ccc(CCO)cc1. The summed E-state index contributed by atoms with van der Waals surface area (Å²) < 4.78 is 31.2. The van der Waals surface area contributed by atoms with Gasteiger partial charge in [0.1, 0.15) is 0 Å². The van der Waals surface area contributed by atoms with Gasteiger partial charge in [0.2, 0.25) is 10.0 Å². The molecule has 1 heterocycles. The van der Waals surface area contributed by atoms with Crippen LogP contribution in [0.2, 0.25) is 0 Å². The molecule has 0 fully saturated rings. The minimum Gasteiger partial charge on any atom is -0.396 e. The predicted octanol–water partition coefficient (Wildman–Crippen LogP) is 0.688. The predicted molar refractivity (Wildman–Crippen MR) is 67.8 cm³/mol. The Kier molecular flexibility index (Phi) is 4.31. The van der Waals surface area contributed by atoms with E-state index in [4.69, 9.17) is 9.63 Å². The molecule has 0 atom stereocenters. The molecule has 1 aromatic heterocycles. The molecule has 102 valence electrons. The molecule has 0 saturated carbocycles. The van der Waals surface area contributed by atoms with E-state index in [0.717, 1.165) is 5.56 Å². The fraction of sp³-hybridized carbons (Fsp3) is 0.250. The molecule has 0 bridgehead atoms. The molecule has 0 radical (unpaired) electrons. The van der Waals surface area contributed by atoms with Crippen molar-refractivity contribution in [2.45, 2.75) is 17.9 Å². The van der Waals surface area contributed by atoms with Crippen LogP contribution in [0.1, 0.15) is 11.3 Å². The summed E-state index contributed by atoms with van der Waals surface area (Å²) in [5.74, 6) is 0.445. The van der Waals surface area contributed by atoms with Gasteiger partial charge in [0, 0.05) is 12.7 Å². The van der Waals surface area contributed by atoms with Gasteiger partial charge in [-0.25, -0.2) is 13.1 Å². The molecule has 6 nitrogen and oxygen atoms in total. The maximum Gasteiger partial charge on any atom is 0.240 e. The molecule has 0 aliphatic rings. The molecular formula is C12H14N2O4S. The Labute approximate surface area is 111 Å². The molecule has 0 amide bonds. The summed E-state index contributed by atoms with van der Waals surface area (Å²) in [6.07, 6.45) is 1.96. The zero-order chi connectivity index (χ0) is 13.7. The fourth-order valence-corrected chi connectivity index (χ4v) is 2.54. The third-order valence-corrected chi connectivity index (χ3v) is 3.98. The van der Waals surface area contributed by atoms with E-state index >= 15 is 0 Å². The third-order valence-electron chi connectivity index (χ3n) is 2.56. The van der Waals surface area contributed by atoms with E-state index in [1.54, 1.807) is 18.2 Å². The van der Waals surface area contributed by atoms with E-state index in [9.17, 15) is 8.42 Å². The number of aliphatic hydroxyl groups excluding tert-OH is 1. The first-order valence-electron chi connectivity index (χ1n) is 5.71. The Morgan fingerprint density at radius 2 is 1.95 bits per heavy atom. The topological polar surface area (TPSA) is 92.4 Å². The van der Waals surface area contributed by atoms with Crippen molar-refractivity contribution in [3.63, 3.8) is 0 Å². The molecule has 0 aliphatic heterocycles. The number of sulfonamides is 1. The Bertz CT molecular complexity index is 606. The largest absolute Gasteiger partial charge is 0.396 e. The minimum atomic E-state index is -3.57. The quantitative estimate of drug-likeness (QED) is 0.813. The highest BCUT2D eigenvalue weighted by Gasteiger charge is 2.14. The average molecular weight is 282 g/mol. The Morgan fingerprint density at radius 3 is 2.53 bits per heavy atom. The molecule has 2 N–H and O–H groups in total. The van der Waals surface area contributed by atoms with E-state index < -0.39 is 10.0 Å². The Balaban J connectivity index is 2.06. The van der Waals surface area contributed by atoms with Crippen LogP contribution in [0.25, 0.3) is 0 Å². The standard InChI is InChI=1S/C12H14N2O4S/c15-8-6-10-1-3-12(4-2-10)19(16,17)14-9-11-5-7-13-18-11/h1-5,7,14-15H,6,8-9H2. The van der Waals surface area contributed by atoms with E-state index in [1.165, 1.54) is 18.3 Å². The van der Waals surface area contributed by atoms with E-state index in [2.05, 4.69) is 9.88 Å². The molecule has 7 heteroatoms. The minimum absolute atomic E-state index is 0.0375. The van der Waals surface area contributed by atoms with Crippen LogP contribution in [0, 0.1) is 0 Å². The number of aliphatic hydroxyl groups is 1. The fourth-order valence-electron chi connectivity index (χ4n) is 1.55. The molecule has 2 aromatic rings. The van der Waals surface area contributed by atoms with E-state index in [-0.39, 0.29) is 18.0 Å². The van der Waals surface area contributed by atoms with Crippen molar-refractivity contribution in [1.82, 2.24) is 9.88 Å². The number of benzene rings is 1. The van der Waals surface area contributed by atoms with Gasteiger partial charge >= 0.3 is 0 Å². The van der Waals surface area contributed by atoms with Crippen LogP contribution in [0.4, 0.5) is 0 Å². The molecule has 0 spiro atoms. The van der Waals surface area contributed by atoms with Gasteiger partial charge < -0.3 is 9.63 Å². The summed E-state index contributed by atoms with van der Waals surface area (Å²) in [6, 6.07) is 7.97. The summed E-state index contributed by atoms with van der Waals surface area (Å²) in [5, 5.41) is 12.3. The second-order valence-electron chi connectivity index (χ2n) is 3.92. The first-order chi connectivity index (χ1) is 9.12. The van der Waals surface area contributed by atoms with Gasteiger partial charge in [-0.15, -0.1) is 0 Å². The van der Waals surface area contributed by atoms with Crippen LogP contribution < -0.4 is 4.72 Å². The number of nitrogens with zero attached hydrogens (tertiary/aromatic N) is 1. The maximum atomic E-state index is 12.0. The highest BCUT2D eigenvalue weighted by atomic mass is 32.2. The molecule has 2 rings (SSSR count). The van der Waals surface area contributed by atoms with Gasteiger partial charge in [-0.05, 0) is 24.1 Å². The highest BCUT2D eigenvalue weighted by molar-refractivity contribution is 7.89.